The van der Waals surface area contributed by atoms with Crippen molar-refractivity contribution in [3.05, 3.63) is 46.9 Å². The number of aromatic nitrogens is 1. The lowest BCUT2D eigenvalue weighted by Gasteiger charge is -2.15. The molecule has 0 fully saturated rings. The summed E-state index contributed by atoms with van der Waals surface area (Å²) in [5, 5.41) is 9.28. The zero-order valence-corrected chi connectivity index (χ0v) is 14.4. The number of nitrogens with one attached hydrogen (secondary N) is 2. The quantitative estimate of drug-likeness (QED) is 0.751. The lowest BCUT2D eigenvalue weighted by atomic mass is 10.1. The maximum atomic E-state index is 13.4. The van der Waals surface area contributed by atoms with Gasteiger partial charge in [0.15, 0.2) is 11.6 Å². The van der Waals surface area contributed by atoms with Crippen molar-refractivity contribution in [2.75, 3.05) is 13.2 Å². The van der Waals surface area contributed by atoms with Gasteiger partial charge < -0.3 is 19.9 Å². The molecule has 0 aliphatic rings. The van der Waals surface area contributed by atoms with Gasteiger partial charge in [-0.05, 0) is 39.3 Å². The third-order valence-electron chi connectivity index (χ3n) is 3.61. The van der Waals surface area contributed by atoms with E-state index in [2.05, 4.69) is 15.8 Å². The maximum Gasteiger partial charge on any atom is 0.315 e. The maximum absolute atomic E-state index is 13.4. The van der Waals surface area contributed by atoms with Gasteiger partial charge in [0.05, 0.1) is 12.2 Å². The van der Waals surface area contributed by atoms with Gasteiger partial charge in [-0.2, -0.15) is 0 Å². The van der Waals surface area contributed by atoms with Crippen molar-refractivity contribution in [1.82, 2.24) is 15.8 Å². The number of aryl methyl sites for hydroxylation is 2. The van der Waals surface area contributed by atoms with E-state index in [1.54, 1.807) is 0 Å². The van der Waals surface area contributed by atoms with Crippen molar-refractivity contribution < 1.29 is 22.8 Å². The molecule has 8 heteroatoms. The van der Waals surface area contributed by atoms with E-state index in [-0.39, 0.29) is 31.0 Å². The Balaban J connectivity index is 1.70. The van der Waals surface area contributed by atoms with Crippen LogP contribution in [-0.4, -0.2) is 30.4 Å². The van der Waals surface area contributed by atoms with Crippen LogP contribution in [0.4, 0.5) is 13.6 Å². The molecule has 2 aromatic rings. The van der Waals surface area contributed by atoms with Crippen molar-refractivity contribution in [3.63, 3.8) is 0 Å². The summed E-state index contributed by atoms with van der Waals surface area (Å²) in [5.41, 5.74) is 1.78. The van der Waals surface area contributed by atoms with Gasteiger partial charge in [-0.1, -0.05) is 5.16 Å². The average Bonchev–Trinajstić information content (AvgIpc) is 2.85. The van der Waals surface area contributed by atoms with Crippen LogP contribution >= 0.6 is 0 Å². The Bertz CT molecular complexity index is 714. The number of urea groups is 1. The van der Waals surface area contributed by atoms with Crippen LogP contribution in [-0.2, 0) is 6.42 Å². The standard InChI is InChI=1S/C17H21F2N3O3/c1-10(8-14-11(2)22-25-12(14)3)21-17(23)20-6-7-24-16-5-4-13(18)9-15(16)19/h4-5,9-10H,6-8H2,1-3H3,(H2,20,21,23). The molecule has 2 amide bonds. The van der Waals surface area contributed by atoms with Crippen molar-refractivity contribution in [3.8, 4) is 5.75 Å². The zero-order chi connectivity index (χ0) is 18.4. The van der Waals surface area contributed by atoms with E-state index in [1.807, 2.05) is 20.8 Å². The Labute approximate surface area is 144 Å². The van der Waals surface area contributed by atoms with Crippen molar-refractivity contribution in [1.29, 1.82) is 0 Å². The Kier molecular flexibility index (Phi) is 6.32. The van der Waals surface area contributed by atoms with E-state index in [9.17, 15) is 13.6 Å². The Morgan fingerprint density at radius 2 is 2.12 bits per heavy atom. The van der Waals surface area contributed by atoms with Crippen LogP contribution in [0.2, 0.25) is 0 Å². The molecule has 0 aliphatic heterocycles. The lowest BCUT2D eigenvalue weighted by Crippen LogP contribution is -2.43. The first-order valence-electron chi connectivity index (χ1n) is 7.90. The molecule has 1 atom stereocenters. The van der Waals surface area contributed by atoms with Crippen molar-refractivity contribution in [2.24, 2.45) is 0 Å². The molecule has 0 spiro atoms. The second-order valence-corrected chi connectivity index (χ2v) is 5.73. The molecule has 25 heavy (non-hydrogen) atoms. The number of nitrogens with zero attached hydrogens (tertiary/aromatic N) is 1. The Hall–Kier alpha value is -2.64. The Morgan fingerprint density at radius 3 is 2.76 bits per heavy atom. The molecule has 6 nitrogen and oxygen atoms in total. The fourth-order valence-corrected chi connectivity index (χ4v) is 2.34. The van der Waals surface area contributed by atoms with Gasteiger partial charge in [0.1, 0.15) is 18.2 Å². The molecule has 1 aromatic carbocycles. The lowest BCUT2D eigenvalue weighted by molar-refractivity contribution is 0.232. The van der Waals surface area contributed by atoms with Gasteiger partial charge >= 0.3 is 6.03 Å². The zero-order valence-electron chi connectivity index (χ0n) is 14.4. The van der Waals surface area contributed by atoms with Crippen LogP contribution in [0.15, 0.2) is 22.7 Å². The van der Waals surface area contributed by atoms with Crippen LogP contribution in [0, 0.1) is 25.5 Å². The van der Waals surface area contributed by atoms with E-state index in [0.717, 1.165) is 29.2 Å². The molecular formula is C17H21F2N3O3. The smallest absolute Gasteiger partial charge is 0.315 e. The SMILES string of the molecule is Cc1noc(C)c1CC(C)NC(=O)NCCOc1ccc(F)cc1F. The highest BCUT2D eigenvalue weighted by Crippen LogP contribution is 2.17. The fourth-order valence-electron chi connectivity index (χ4n) is 2.34. The summed E-state index contributed by atoms with van der Waals surface area (Å²) < 4.78 is 36.4. The number of carbonyl (C=O) groups excluding carboxylic acids is 1. The summed E-state index contributed by atoms with van der Waals surface area (Å²) in [5.74, 6) is -0.774. The van der Waals surface area contributed by atoms with Gasteiger partial charge in [0, 0.05) is 17.7 Å². The van der Waals surface area contributed by atoms with Crippen LogP contribution < -0.4 is 15.4 Å². The number of carbonyl (C=O) groups is 1. The minimum Gasteiger partial charge on any atom is -0.489 e. The van der Waals surface area contributed by atoms with Gasteiger partial charge in [0.2, 0.25) is 0 Å². The van der Waals surface area contributed by atoms with E-state index < -0.39 is 11.6 Å². The fraction of sp³-hybridized carbons (Fsp3) is 0.412. The van der Waals surface area contributed by atoms with E-state index in [4.69, 9.17) is 9.26 Å². The predicted octanol–water partition coefficient (Wildman–Crippen LogP) is 2.88. The third kappa shape index (κ3) is 5.44. The van der Waals surface area contributed by atoms with Gasteiger partial charge in [-0.3, -0.25) is 0 Å². The summed E-state index contributed by atoms with van der Waals surface area (Å²) in [6.45, 7) is 5.79. The Morgan fingerprint density at radius 1 is 1.36 bits per heavy atom. The monoisotopic (exact) mass is 353 g/mol. The van der Waals surface area contributed by atoms with E-state index in [0.29, 0.717) is 6.42 Å². The minimum absolute atomic E-state index is 0.0598. The molecule has 136 valence electrons. The average molecular weight is 353 g/mol. The summed E-state index contributed by atoms with van der Waals surface area (Å²) >= 11 is 0. The number of rotatable bonds is 7. The number of amides is 2. The molecule has 0 saturated carbocycles. The van der Waals surface area contributed by atoms with E-state index >= 15 is 0 Å². The molecular weight excluding hydrogens is 332 g/mol. The first-order valence-corrected chi connectivity index (χ1v) is 7.90. The number of ether oxygens (including phenoxy) is 1. The van der Waals surface area contributed by atoms with Crippen LogP contribution in [0.5, 0.6) is 5.75 Å². The minimum atomic E-state index is -0.780. The largest absolute Gasteiger partial charge is 0.489 e. The molecule has 2 rings (SSSR count). The van der Waals surface area contributed by atoms with Gasteiger partial charge in [-0.25, -0.2) is 13.6 Å². The topological polar surface area (TPSA) is 76.4 Å². The van der Waals surface area contributed by atoms with Crippen LogP contribution in [0.3, 0.4) is 0 Å². The molecule has 1 unspecified atom stereocenters. The first-order chi connectivity index (χ1) is 11.9. The number of halogens is 2. The first kappa shape index (κ1) is 18.7. The second-order valence-electron chi connectivity index (χ2n) is 5.73. The molecule has 1 heterocycles. The van der Waals surface area contributed by atoms with Crippen molar-refractivity contribution in [2.45, 2.75) is 33.2 Å². The highest BCUT2D eigenvalue weighted by Gasteiger charge is 2.14. The van der Waals surface area contributed by atoms with Crippen LogP contribution in [0.25, 0.3) is 0 Å². The highest BCUT2D eigenvalue weighted by molar-refractivity contribution is 5.74. The molecule has 0 aliphatic carbocycles. The normalized spacial score (nSPS) is 11.9. The van der Waals surface area contributed by atoms with Gasteiger partial charge in [0.25, 0.3) is 0 Å². The van der Waals surface area contributed by atoms with Crippen molar-refractivity contribution >= 4 is 6.03 Å². The number of benzene rings is 1. The van der Waals surface area contributed by atoms with Crippen LogP contribution in [0.1, 0.15) is 23.9 Å². The molecule has 2 N–H and O–H groups in total. The summed E-state index contributed by atoms with van der Waals surface area (Å²) in [6.07, 6.45) is 0.603. The summed E-state index contributed by atoms with van der Waals surface area (Å²) in [6, 6.07) is 2.58. The number of hydrogen-bond donors (Lipinski definition) is 2. The molecule has 0 radical (unpaired) electrons. The van der Waals surface area contributed by atoms with Gasteiger partial charge in [-0.15, -0.1) is 0 Å². The summed E-state index contributed by atoms with van der Waals surface area (Å²) in [4.78, 5) is 11.8. The highest BCUT2D eigenvalue weighted by atomic mass is 19.1. The van der Waals surface area contributed by atoms with E-state index in [1.165, 1.54) is 6.07 Å². The number of hydrogen-bond acceptors (Lipinski definition) is 4. The molecule has 0 bridgehead atoms. The summed E-state index contributed by atoms with van der Waals surface area (Å²) in [7, 11) is 0. The predicted molar refractivity (Wildman–Crippen MR) is 87.5 cm³/mol. The second kappa shape index (κ2) is 8.46. The molecule has 0 saturated heterocycles. The third-order valence-corrected chi connectivity index (χ3v) is 3.61. The molecule has 1 aromatic heterocycles.